The van der Waals surface area contributed by atoms with E-state index < -0.39 is 52.8 Å². The summed E-state index contributed by atoms with van der Waals surface area (Å²) in [6.07, 6.45) is -3.98. The topological polar surface area (TPSA) is 48.0 Å². The minimum absolute atomic E-state index is 0.0576. The number of hydrogen-bond acceptors (Lipinski definition) is 4. The molecule has 0 saturated carbocycles. The molecule has 0 radical (unpaired) electrons. The van der Waals surface area contributed by atoms with E-state index in [1.807, 2.05) is 13.1 Å². The Morgan fingerprint density at radius 3 is 1.78 bits per heavy atom. The van der Waals surface area contributed by atoms with Crippen molar-refractivity contribution >= 4 is 22.7 Å². The van der Waals surface area contributed by atoms with Crippen LogP contribution in [0.2, 0.25) is 36.3 Å². The van der Waals surface area contributed by atoms with Crippen molar-refractivity contribution in [3.05, 3.63) is 0 Å². The lowest BCUT2D eigenvalue weighted by atomic mass is 9.99. The van der Waals surface area contributed by atoms with Crippen molar-refractivity contribution in [3.63, 3.8) is 0 Å². The van der Waals surface area contributed by atoms with Gasteiger partial charge >= 0.3 is 6.09 Å². The van der Waals surface area contributed by atoms with Crippen LogP contribution in [0.4, 0.5) is 13.6 Å². The normalized spacial score (nSPS) is 23.8. The molecule has 1 aliphatic rings. The van der Waals surface area contributed by atoms with Crippen LogP contribution in [0.5, 0.6) is 0 Å². The second-order valence-electron chi connectivity index (χ2n) is 13.1. The number of likely N-dealkylation sites (tertiary alicyclic amines) is 1. The first-order valence-corrected chi connectivity index (χ1v) is 17.4. The average Bonchev–Trinajstić information content (AvgIpc) is 2.87. The van der Waals surface area contributed by atoms with Crippen LogP contribution >= 0.6 is 0 Å². The molecule has 0 bridgehead atoms. The zero-order valence-corrected chi connectivity index (χ0v) is 24.6. The molecular weight excluding hydrogens is 448 g/mol. The van der Waals surface area contributed by atoms with Crippen molar-refractivity contribution in [3.8, 4) is 0 Å². The first-order chi connectivity index (χ1) is 14.0. The number of halogens is 2. The summed E-state index contributed by atoms with van der Waals surface area (Å²) in [6.45, 7) is 26.3. The highest BCUT2D eigenvalue weighted by atomic mass is 28.4. The molecule has 1 rings (SSSR count). The van der Waals surface area contributed by atoms with Gasteiger partial charge in [0.25, 0.3) is 0 Å². The van der Waals surface area contributed by atoms with Gasteiger partial charge in [0.2, 0.25) is 6.43 Å². The second-order valence-corrected chi connectivity index (χ2v) is 22.7. The molecule has 0 N–H and O–H groups in total. The molecule has 1 aliphatic heterocycles. The average molecular weight is 496 g/mol. The summed E-state index contributed by atoms with van der Waals surface area (Å²) in [5.41, 5.74) is -0.722. The van der Waals surface area contributed by atoms with Crippen molar-refractivity contribution in [1.82, 2.24) is 4.90 Å². The van der Waals surface area contributed by atoms with E-state index >= 15 is 0 Å². The number of nitrogens with zero attached hydrogens (tertiary/aromatic N) is 1. The SMILES string of the molecule is CC(C)(C)OC(=O)N1C[C@H](O[Si](C)(C)C(C)(C)C)[C@@H](C(F)F)[C@H]1CO[Si](C)(C)C(C)(C)C. The molecule has 1 fully saturated rings. The molecule has 0 aliphatic carbocycles. The van der Waals surface area contributed by atoms with Gasteiger partial charge in [-0.3, -0.25) is 4.90 Å². The quantitative estimate of drug-likeness (QED) is 0.376. The van der Waals surface area contributed by atoms with Gasteiger partial charge in [-0.1, -0.05) is 41.5 Å². The summed E-state index contributed by atoms with van der Waals surface area (Å²) in [4.78, 5) is 14.5. The van der Waals surface area contributed by atoms with Gasteiger partial charge in [-0.2, -0.15) is 0 Å². The Labute approximate surface area is 196 Å². The summed E-state index contributed by atoms with van der Waals surface area (Å²) in [5, 5.41) is -0.203. The van der Waals surface area contributed by atoms with Crippen LogP contribution in [0, 0.1) is 5.92 Å². The van der Waals surface area contributed by atoms with Gasteiger partial charge in [-0.15, -0.1) is 0 Å². The smallest absolute Gasteiger partial charge is 0.410 e. The molecule has 190 valence electrons. The Kier molecular flexibility index (Phi) is 8.87. The van der Waals surface area contributed by atoms with Gasteiger partial charge in [-0.05, 0) is 57.0 Å². The van der Waals surface area contributed by atoms with E-state index in [9.17, 15) is 13.6 Å². The standard InChI is InChI=1S/C23H47F2NO4Si2/c1-21(2,3)29-20(27)26-14-17(30-32(12,13)23(7,8)9)18(19(24)25)16(26)15-28-31(10,11)22(4,5)6/h16-19H,14-15H2,1-13H3/t16-,17+,18+/m1/s1. The van der Waals surface area contributed by atoms with E-state index in [0.29, 0.717) is 0 Å². The van der Waals surface area contributed by atoms with Gasteiger partial charge in [-0.25, -0.2) is 13.6 Å². The van der Waals surface area contributed by atoms with Crippen LogP contribution in [0.1, 0.15) is 62.3 Å². The highest BCUT2D eigenvalue weighted by Gasteiger charge is 2.53. The molecule has 32 heavy (non-hydrogen) atoms. The molecule has 0 spiro atoms. The third-order valence-corrected chi connectivity index (χ3v) is 16.2. The van der Waals surface area contributed by atoms with Crippen molar-refractivity contribution in [2.75, 3.05) is 13.2 Å². The molecule has 0 aromatic heterocycles. The first-order valence-electron chi connectivity index (χ1n) is 11.6. The maximum atomic E-state index is 14.5. The maximum Gasteiger partial charge on any atom is 0.410 e. The highest BCUT2D eigenvalue weighted by Crippen LogP contribution is 2.43. The third-order valence-electron chi connectivity index (χ3n) is 7.24. The van der Waals surface area contributed by atoms with Crippen LogP contribution in [0.15, 0.2) is 0 Å². The Hall–Kier alpha value is -0.516. The summed E-state index contributed by atoms with van der Waals surface area (Å²) in [6, 6.07) is -0.797. The number of rotatable bonds is 6. The van der Waals surface area contributed by atoms with E-state index in [1.165, 1.54) is 4.90 Å². The van der Waals surface area contributed by atoms with Gasteiger partial charge in [0, 0.05) is 6.54 Å². The zero-order chi connectivity index (χ0) is 25.5. The summed E-state index contributed by atoms with van der Waals surface area (Å²) in [7, 11) is -4.53. The number of hydrogen-bond donors (Lipinski definition) is 0. The van der Waals surface area contributed by atoms with Gasteiger partial charge < -0.3 is 13.6 Å². The zero-order valence-electron chi connectivity index (χ0n) is 22.6. The van der Waals surface area contributed by atoms with E-state index in [1.54, 1.807) is 20.8 Å². The molecule has 0 aromatic carbocycles. The molecule has 1 amide bonds. The molecule has 1 heterocycles. The molecular formula is C23H47F2NO4Si2. The molecule has 3 atom stereocenters. The fourth-order valence-corrected chi connectivity index (χ4v) is 5.51. The van der Waals surface area contributed by atoms with Crippen LogP contribution in [-0.4, -0.2) is 65.0 Å². The predicted octanol–water partition coefficient (Wildman–Crippen LogP) is 6.90. The fourth-order valence-electron chi connectivity index (χ4n) is 3.15. The van der Waals surface area contributed by atoms with Gasteiger partial charge in [0.1, 0.15) is 5.60 Å². The molecule has 1 saturated heterocycles. The lowest BCUT2D eigenvalue weighted by molar-refractivity contribution is -0.00995. The molecule has 9 heteroatoms. The molecule has 0 unspecified atom stereocenters. The van der Waals surface area contributed by atoms with E-state index in [2.05, 4.69) is 54.6 Å². The summed E-state index contributed by atoms with van der Waals surface area (Å²) in [5.74, 6) is -1.12. The van der Waals surface area contributed by atoms with Crippen LogP contribution in [-0.2, 0) is 13.6 Å². The van der Waals surface area contributed by atoms with E-state index in [0.717, 1.165) is 0 Å². The summed E-state index contributed by atoms with van der Waals surface area (Å²) >= 11 is 0. The minimum atomic E-state index is -2.63. The van der Waals surface area contributed by atoms with Gasteiger partial charge in [0.05, 0.1) is 24.7 Å². The van der Waals surface area contributed by atoms with Crippen molar-refractivity contribution < 1.29 is 27.2 Å². The van der Waals surface area contributed by atoms with Crippen LogP contribution in [0.3, 0.4) is 0 Å². The van der Waals surface area contributed by atoms with E-state index in [4.69, 9.17) is 13.6 Å². The van der Waals surface area contributed by atoms with Gasteiger partial charge in [0.15, 0.2) is 16.6 Å². The Morgan fingerprint density at radius 1 is 0.938 bits per heavy atom. The third kappa shape index (κ3) is 7.24. The Balaban J connectivity index is 3.31. The first kappa shape index (κ1) is 29.5. The highest BCUT2D eigenvalue weighted by molar-refractivity contribution is 6.74. The number of ether oxygens (including phenoxy) is 1. The second kappa shape index (κ2) is 9.62. The van der Waals surface area contributed by atoms with Crippen molar-refractivity contribution in [2.45, 2.75) is 123 Å². The lowest BCUT2D eigenvalue weighted by Gasteiger charge is -2.40. The van der Waals surface area contributed by atoms with Crippen LogP contribution < -0.4 is 0 Å². The minimum Gasteiger partial charge on any atom is -0.444 e. The molecule has 0 aromatic rings. The van der Waals surface area contributed by atoms with E-state index in [-0.39, 0.29) is 23.2 Å². The maximum absolute atomic E-state index is 14.5. The Morgan fingerprint density at radius 2 is 1.41 bits per heavy atom. The number of alkyl halides is 2. The van der Waals surface area contributed by atoms with Crippen molar-refractivity contribution in [2.24, 2.45) is 5.92 Å². The molecule has 5 nitrogen and oxygen atoms in total. The van der Waals surface area contributed by atoms with Crippen molar-refractivity contribution in [1.29, 1.82) is 0 Å². The number of carbonyl (C=O) groups excluding carboxylic acids is 1. The predicted molar refractivity (Wildman–Crippen MR) is 131 cm³/mol. The lowest BCUT2D eigenvalue weighted by Crippen LogP contribution is -2.49. The number of carbonyl (C=O) groups is 1. The Bertz CT molecular complexity index is 652. The monoisotopic (exact) mass is 495 g/mol. The summed E-state index contributed by atoms with van der Waals surface area (Å²) < 4.78 is 47.3. The van der Waals surface area contributed by atoms with Crippen LogP contribution in [0.25, 0.3) is 0 Å². The largest absolute Gasteiger partial charge is 0.444 e. The fraction of sp³-hybridized carbons (Fsp3) is 0.957. The number of amides is 1.